The second kappa shape index (κ2) is 7.72. The van der Waals surface area contributed by atoms with Crippen molar-refractivity contribution < 1.29 is 9.09 Å². The Morgan fingerprint density at radius 1 is 1.75 bits per heavy atom. The van der Waals surface area contributed by atoms with Gasteiger partial charge in [-0.1, -0.05) is 6.92 Å². The lowest BCUT2D eigenvalue weighted by Gasteiger charge is -2.00. The standard InChI is InChI=1S/C4H11O2P.Al/c1-3-4(2)6-7-5;/h4H,3,7H2,1-2H3;. The van der Waals surface area contributed by atoms with Crippen LogP contribution in [0.2, 0.25) is 0 Å². The van der Waals surface area contributed by atoms with E-state index in [-0.39, 0.29) is 23.5 Å². The summed E-state index contributed by atoms with van der Waals surface area (Å²) in [6.07, 6.45) is 1.11. The van der Waals surface area contributed by atoms with Crippen LogP contribution >= 0.6 is 8.69 Å². The fraction of sp³-hybridized carbons (Fsp3) is 1.00. The molecule has 3 radical (unpaired) electrons. The molecule has 4 heteroatoms. The van der Waals surface area contributed by atoms with Crippen LogP contribution in [-0.2, 0) is 9.09 Å². The molecule has 0 fully saturated rings. The van der Waals surface area contributed by atoms with Crippen LogP contribution in [0.5, 0.6) is 0 Å². The van der Waals surface area contributed by atoms with Crippen LogP contribution in [0.1, 0.15) is 20.3 Å². The molecule has 0 aromatic rings. The molecule has 0 amide bonds. The smallest absolute Gasteiger partial charge is 0.180 e. The maximum absolute atomic E-state index is 9.76. The zero-order chi connectivity index (χ0) is 5.70. The largest absolute Gasteiger partial charge is 0.329 e. The zero-order valence-corrected chi connectivity index (χ0v) is 7.57. The van der Waals surface area contributed by atoms with Crippen LogP contribution in [0.15, 0.2) is 0 Å². The highest BCUT2D eigenvalue weighted by Crippen LogP contribution is 2.03. The molecule has 0 heterocycles. The highest BCUT2D eigenvalue weighted by atomic mass is 31.1. The molecular formula is C4H11AlO2P. The molecule has 47 valence electrons. The second-order valence-electron chi connectivity index (χ2n) is 1.45. The van der Waals surface area contributed by atoms with Gasteiger partial charge in [-0.15, -0.1) is 0 Å². The van der Waals surface area contributed by atoms with E-state index < -0.39 is 8.69 Å². The number of rotatable bonds is 3. The van der Waals surface area contributed by atoms with E-state index in [0.29, 0.717) is 0 Å². The molecule has 0 aliphatic rings. The van der Waals surface area contributed by atoms with Crippen molar-refractivity contribution in [3.8, 4) is 0 Å². The van der Waals surface area contributed by atoms with Crippen molar-refractivity contribution in [3.63, 3.8) is 0 Å². The van der Waals surface area contributed by atoms with E-state index in [2.05, 4.69) is 0 Å². The van der Waals surface area contributed by atoms with Crippen LogP contribution < -0.4 is 0 Å². The third kappa shape index (κ3) is 6.72. The molecular weight excluding hydrogens is 138 g/mol. The monoisotopic (exact) mass is 149 g/mol. The molecule has 0 saturated heterocycles. The Kier molecular flexibility index (Phi) is 11.1. The Bertz CT molecular complexity index is 60.0. The van der Waals surface area contributed by atoms with Crippen LogP contribution in [0.4, 0.5) is 0 Å². The van der Waals surface area contributed by atoms with Crippen molar-refractivity contribution >= 4 is 26.0 Å². The first-order valence-corrected chi connectivity index (χ1v) is 3.34. The summed E-state index contributed by atoms with van der Waals surface area (Å²) in [7, 11) is -1.000. The summed E-state index contributed by atoms with van der Waals surface area (Å²) < 4.78 is 14.5. The van der Waals surface area contributed by atoms with E-state index in [4.69, 9.17) is 4.52 Å². The van der Waals surface area contributed by atoms with Gasteiger partial charge in [-0.05, 0) is 13.3 Å². The van der Waals surface area contributed by atoms with Gasteiger partial charge >= 0.3 is 0 Å². The van der Waals surface area contributed by atoms with Gasteiger partial charge in [0.2, 0.25) is 0 Å². The highest BCUT2D eigenvalue weighted by molar-refractivity contribution is 7.17. The molecule has 0 aromatic heterocycles. The quantitative estimate of drug-likeness (QED) is 0.443. The lowest BCUT2D eigenvalue weighted by molar-refractivity contribution is 0.240. The molecule has 0 rings (SSSR count). The predicted molar refractivity (Wildman–Crippen MR) is 37.0 cm³/mol. The van der Waals surface area contributed by atoms with Gasteiger partial charge in [0, 0.05) is 17.4 Å². The molecule has 0 bridgehead atoms. The fourth-order valence-electron chi connectivity index (χ4n) is 0.191. The van der Waals surface area contributed by atoms with Crippen molar-refractivity contribution in [2.24, 2.45) is 0 Å². The lowest BCUT2D eigenvalue weighted by Crippen LogP contribution is -1.96. The Morgan fingerprint density at radius 3 is 2.38 bits per heavy atom. The minimum Gasteiger partial charge on any atom is -0.329 e. The maximum Gasteiger partial charge on any atom is 0.180 e. The van der Waals surface area contributed by atoms with Gasteiger partial charge in [0.15, 0.2) is 8.69 Å². The first kappa shape index (κ1) is 11.5. The average molecular weight is 149 g/mol. The van der Waals surface area contributed by atoms with E-state index in [1.165, 1.54) is 0 Å². The van der Waals surface area contributed by atoms with Crippen molar-refractivity contribution in [2.75, 3.05) is 0 Å². The first-order chi connectivity index (χ1) is 3.31. The topological polar surface area (TPSA) is 26.3 Å². The number of hydrogen-bond donors (Lipinski definition) is 0. The normalized spacial score (nSPS) is 13.8. The van der Waals surface area contributed by atoms with Crippen LogP contribution in [0.3, 0.4) is 0 Å². The summed E-state index contributed by atoms with van der Waals surface area (Å²) in [5.41, 5.74) is 0. The summed E-state index contributed by atoms with van der Waals surface area (Å²) in [5.74, 6) is 0. The van der Waals surface area contributed by atoms with Gasteiger partial charge in [-0.2, -0.15) is 0 Å². The van der Waals surface area contributed by atoms with Gasteiger partial charge in [-0.3, -0.25) is 4.57 Å². The van der Waals surface area contributed by atoms with Crippen molar-refractivity contribution in [1.82, 2.24) is 0 Å². The molecule has 0 spiro atoms. The van der Waals surface area contributed by atoms with E-state index in [1.54, 1.807) is 0 Å². The maximum atomic E-state index is 9.76. The Hall–Kier alpha value is 0.722. The third-order valence-corrected chi connectivity index (χ3v) is 1.44. The van der Waals surface area contributed by atoms with Gasteiger partial charge in [0.25, 0.3) is 0 Å². The predicted octanol–water partition coefficient (Wildman–Crippen LogP) is 1.09. The van der Waals surface area contributed by atoms with Gasteiger partial charge in [-0.25, -0.2) is 0 Å². The van der Waals surface area contributed by atoms with E-state index >= 15 is 0 Å². The van der Waals surface area contributed by atoms with Gasteiger partial charge in [0.1, 0.15) is 0 Å². The summed E-state index contributed by atoms with van der Waals surface area (Å²) in [6, 6.07) is 0. The van der Waals surface area contributed by atoms with Crippen molar-refractivity contribution in [1.29, 1.82) is 0 Å². The second-order valence-corrected chi connectivity index (χ2v) is 1.92. The third-order valence-electron chi connectivity index (χ3n) is 0.863. The summed E-state index contributed by atoms with van der Waals surface area (Å²) in [6.45, 7) is 3.91. The van der Waals surface area contributed by atoms with Crippen LogP contribution in [0.25, 0.3) is 0 Å². The van der Waals surface area contributed by atoms with Crippen LogP contribution in [0, 0.1) is 0 Å². The Labute approximate surface area is 62.0 Å². The Morgan fingerprint density at radius 2 is 2.25 bits per heavy atom. The Balaban J connectivity index is 0. The number of hydrogen-bond acceptors (Lipinski definition) is 2. The zero-order valence-electron chi connectivity index (χ0n) is 5.26. The first-order valence-electron chi connectivity index (χ1n) is 2.40. The van der Waals surface area contributed by atoms with Crippen molar-refractivity contribution in [3.05, 3.63) is 0 Å². The molecule has 0 aromatic carbocycles. The molecule has 0 aliphatic carbocycles. The molecule has 0 N–H and O–H groups in total. The van der Waals surface area contributed by atoms with Gasteiger partial charge in [0.05, 0.1) is 6.10 Å². The average Bonchev–Trinajstić information content (AvgIpc) is 1.68. The molecule has 2 nitrogen and oxygen atoms in total. The summed E-state index contributed by atoms with van der Waals surface area (Å²) in [5, 5.41) is 0. The minimum absolute atomic E-state index is 0. The summed E-state index contributed by atoms with van der Waals surface area (Å²) in [4.78, 5) is 0. The van der Waals surface area contributed by atoms with E-state index in [1.807, 2.05) is 13.8 Å². The molecule has 0 saturated carbocycles. The van der Waals surface area contributed by atoms with Crippen LogP contribution in [-0.4, -0.2) is 23.5 Å². The summed E-state index contributed by atoms with van der Waals surface area (Å²) >= 11 is 0. The molecule has 2 atom stereocenters. The molecule has 8 heavy (non-hydrogen) atoms. The van der Waals surface area contributed by atoms with Crippen molar-refractivity contribution in [2.45, 2.75) is 26.4 Å². The molecule has 2 unspecified atom stereocenters. The lowest BCUT2D eigenvalue weighted by atomic mass is 10.3. The van der Waals surface area contributed by atoms with Gasteiger partial charge < -0.3 is 4.52 Å². The van der Waals surface area contributed by atoms with E-state index in [9.17, 15) is 4.57 Å². The fourth-order valence-corrected chi connectivity index (χ4v) is 0.573. The highest BCUT2D eigenvalue weighted by Gasteiger charge is 1.91. The minimum atomic E-state index is -1.000. The molecule has 0 aliphatic heterocycles. The van der Waals surface area contributed by atoms with E-state index in [0.717, 1.165) is 6.42 Å². The SMILES string of the molecule is CCC(C)O[PH2]=O.[Al].